The van der Waals surface area contributed by atoms with Gasteiger partial charge in [-0.05, 0) is 17.7 Å². The van der Waals surface area contributed by atoms with Gasteiger partial charge in [0.05, 0.1) is 0 Å². The maximum Gasteiger partial charge on any atom is 0.190 e. The maximum absolute atomic E-state index is 7.53. The first-order valence-electron chi connectivity index (χ1n) is 4.44. The summed E-state index contributed by atoms with van der Waals surface area (Å²) >= 11 is 0. The second-order valence-corrected chi connectivity index (χ2v) is 3.34. The lowest BCUT2D eigenvalue weighted by Gasteiger charge is -2.15. The zero-order valence-electron chi connectivity index (χ0n) is 8.54. The first-order chi connectivity index (χ1) is 6.59. The van der Waals surface area contributed by atoms with Gasteiger partial charge in [-0.2, -0.15) is 0 Å². The summed E-state index contributed by atoms with van der Waals surface area (Å²) in [6.45, 7) is 0.650. The molecule has 0 unspecified atom stereocenters. The van der Waals surface area contributed by atoms with Crippen LogP contribution in [0.4, 0.5) is 5.69 Å². The van der Waals surface area contributed by atoms with Gasteiger partial charge in [0.1, 0.15) is 0 Å². The van der Waals surface area contributed by atoms with Gasteiger partial charge in [0, 0.05) is 26.3 Å². The highest BCUT2D eigenvalue weighted by Gasteiger charge is 1.97. The van der Waals surface area contributed by atoms with Crippen molar-refractivity contribution >= 4 is 11.6 Å². The third-order valence-corrected chi connectivity index (χ3v) is 1.89. The van der Waals surface area contributed by atoms with Crippen LogP contribution in [0, 0.1) is 5.41 Å². The summed E-state index contributed by atoms with van der Waals surface area (Å²) in [5, 5.41) is 10.5. The zero-order valence-corrected chi connectivity index (χ0v) is 8.54. The molecule has 0 saturated carbocycles. The average Bonchev–Trinajstić information content (AvgIpc) is 2.16. The van der Waals surface area contributed by atoms with Gasteiger partial charge in [0.2, 0.25) is 0 Å². The Morgan fingerprint density at radius 1 is 1.36 bits per heavy atom. The molecular weight excluding hydrogens is 176 g/mol. The van der Waals surface area contributed by atoms with Gasteiger partial charge in [-0.1, -0.05) is 12.1 Å². The molecule has 4 heteroatoms. The van der Waals surface area contributed by atoms with Crippen LogP contribution >= 0.6 is 0 Å². The van der Waals surface area contributed by atoms with Crippen LogP contribution < -0.4 is 11.1 Å². The topological polar surface area (TPSA) is 65.1 Å². The summed E-state index contributed by atoms with van der Waals surface area (Å²) in [5.74, 6) is 0.404. The number of nitrogens with two attached hydrogens (primary N) is 1. The van der Waals surface area contributed by atoms with Crippen molar-refractivity contribution in [2.45, 2.75) is 6.54 Å². The molecule has 0 fully saturated rings. The summed E-state index contributed by atoms with van der Waals surface area (Å²) in [4.78, 5) is 1.72. The van der Waals surface area contributed by atoms with Gasteiger partial charge in [0.15, 0.2) is 5.96 Å². The molecule has 0 radical (unpaired) electrons. The van der Waals surface area contributed by atoms with Crippen LogP contribution in [0.5, 0.6) is 0 Å². The van der Waals surface area contributed by atoms with Crippen molar-refractivity contribution in [1.29, 1.82) is 5.41 Å². The second-order valence-electron chi connectivity index (χ2n) is 3.34. The number of nitrogens with one attached hydrogen (secondary N) is 2. The Hall–Kier alpha value is -1.71. The Kier molecular flexibility index (Phi) is 3.34. The first-order valence-corrected chi connectivity index (χ1v) is 4.44. The molecule has 4 nitrogen and oxygen atoms in total. The quantitative estimate of drug-likeness (QED) is 0.370. The highest BCUT2D eigenvalue weighted by molar-refractivity contribution is 5.75. The minimum atomic E-state index is 0.404. The third kappa shape index (κ3) is 2.97. The summed E-state index contributed by atoms with van der Waals surface area (Å²) in [7, 11) is 3.66. The molecule has 1 aromatic carbocycles. The lowest BCUT2D eigenvalue weighted by molar-refractivity contribution is 0.578. The number of rotatable bonds is 2. The number of benzene rings is 1. The normalized spacial score (nSPS) is 9.57. The van der Waals surface area contributed by atoms with E-state index in [2.05, 4.69) is 5.32 Å². The van der Waals surface area contributed by atoms with Gasteiger partial charge >= 0.3 is 0 Å². The third-order valence-electron chi connectivity index (χ3n) is 1.89. The smallest absolute Gasteiger partial charge is 0.190 e. The second kappa shape index (κ2) is 4.50. The van der Waals surface area contributed by atoms with Crippen molar-refractivity contribution < 1.29 is 0 Å². The summed E-state index contributed by atoms with van der Waals surface area (Å²) in [6.07, 6.45) is 0. The largest absolute Gasteiger partial charge is 0.399 e. The Labute approximate surface area is 84.2 Å². The fourth-order valence-electron chi connectivity index (χ4n) is 0.979. The van der Waals surface area contributed by atoms with E-state index in [1.54, 1.807) is 4.90 Å². The number of nitrogen functional groups attached to an aromatic ring is 1. The van der Waals surface area contributed by atoms with E-state index in [4.69, 9.17) is 11.1 Å². The van der Waals surface area contributed by atoms with E-state index in [0.29, 0.717) is 12.5 Å². The lowest BCUT2D eigenvalue weighted by Crippen LogP contribution is -2.34. The van der Waals surface area contributed by atoms with Crippen molar-refractivity contribution in [1.82, 2.24) is 10.2 Å². The van der Waals surface area contributed by atoms with Crippen LogP contribution in [0.3, 0.4) is 0 Å². The maximum atomic E-state index is 7.53. The standard InChI is InChI=1S/C10H16N4/c1-14(2)10(12)13-7-8-3-5-9(11)6-4-8/h3-6H,7,11H2,1-2H3,(H2,12,13). The molecule has 76 valence electrons. The van der Waals surface area contributed by atoms with E-state index < -0.39 is 0 Å². The predicted molar refractivity (Wildman–Crippen MR) is 59.1 cm³/mol. The van der Waals surface area contributed by atoms with E-state index in [0.717, 1.165) is 11.3 Å². The average molecular weight is 192 g/mol. The van der Waals surface area contributed by atoms with Crippen LogP contribution in [0.15, 0.2) is 24.3 Å². The van der Waals surface area contributed by atoms with Crippen molar-refractivity contribution in [2.75, 3.05) is 19.8 Å². The minimum absolute atomic E-state index is 0.404. The highest BCUT2D eigenvalue weighted by Crippen LogP contribution is 2.04. The number of nitrogens with zero attached hydrogens (tertiary/aromatic N) is 1. The van der Waals surface area contributed by atoms with Crippen LogP contribution in [-0.4, -0.2) is 25.0 Å². The number of anilines is 1. The van der Waals surface area contributed by atoms with Gasteiger partial charge in [-0.15, -0.1) is 0 Å². The van der Waals surface area contributed by atoms with Gasteiger partial charge in [-0.25, -0.2) is 0 Å². The molecule has 4 N–H and O–H groups in total. The fraction of sp³-hybridized carbons (Fsp3) is 0.300. The minimum Gasteiger partial charge on any atom is -0.399 e. The van der Waals surface area contributed by atoms with E-state index in [9.17, 15) is 0 Å². The summed E-state index contributed by atoms with van der Waals surface area (Å²) in [6, 6.07) is 7.61. The van der Waals surface area contributed by atoms with Crippen molar-refractivity contribution in [2.24, 2.45) is 0 Å². The van der Waals surface area contributed by atoms with Gasteiger partial charge < -0.3 is 16.0 Å². The van der Waals surface area contributed by atoms with Crippen molar-refractivity contribution in [3.05, 3.63) is 29.8 Å². The van der Waals surface area contributed by atoms with E-state index in [1.165, 1.54) is 0 Å². The SMILES string of the molecule is CN(C)C(=N)NCc1ccc(N)cc1. The van der Waals surface area contributed by atoms with E-state index >= 15 is 0 Å². The predicted octanol–water partition coefficient (Wildman–Crippen LogP) is 0.855. The Bertz CT molecular complexity index is 302. The molecule has 0 aromatic heterocycles. The molecule has 0 aliphatic carbocycles. The molecule has 0 saturated heterocycles. The van der Waals surface area contributed by atoms with Crippen LogP contribution in [0.25, 0.3) is 0 Å². The number of hydrogen-bond acceptors (Lipinski definition) is 2. The molecule has 0 bridgehead atoms. The molecule has 0 aliphatic heterocycles. The molecule has 1 aromatic rings. The molecule has 0 spiro atoms. The molecule has 0 amide bonds. The molecule has 0 heterocycles. The fourth-order valence-corrected chi connectivity index (χ4v) is 0.979. The summed E-state index contributed by atoms with van der Waals surface area (Å²) in [5.41, 5.74) is 7.44. The molecule has 0 aliphatic rings. The zero-order chi connectivity index (χ0) is 10.6. The summed E-state index contributed by atoms with van der Waals surface area (Å²) < 4.78 is 0. The molecular formula is C10H16N4. The Balaban J connectivity index is 2.46. The van der Waals surface area contributed by atoms with E-state index in [-0.39, 0.29) is 0 Å². The monoisotopic (exact) mass is 192 g/mol. The van der Waals surface area contributed by atoms with E-state index in [1.807, 2.05) is 38.4 Å². The van der Waals surface area contributed by atoms with Crippen molar-refractivity contribution in [3.63, 3.8) is 0 Å². The molecule has 0 atom stereocenters. The lowest BCUT2D eigenvalue weighted by atomic mass is 10.2. The van der Waals surface area contributed by atoms with Crippen molar-refractivity contribution in [3.8, 4) is 0 Å². The first kappa shape index (κ1) is 10.4. The highest BCUT2D eigenvalue weighted by atomic mass is 15.2. The number of hydrogen-bond donors (Lipinski definition) is 3. The van der Waals surface area contributed by atoms with Gasteiger partial charge in [0.25, 0.3) is 0 Å². The van der Waals surface area contributed by atoms with Crippen LogP contribution in [-0.2, 0) is 6.54 Å². The Morgan fingerprint density at radius 2 is 1.93 bits per heavy atom. The van der Waals surface area contributed by atoms with Gasteiger partial charge in [-0.3, -0.25) is 5.41 Å². The molecule has 14 heavy (non-hydrogen) atoms. The van der Waals surface area contributed by atoms with Crippen LogP contribution in [0.1, 0.15) is 5.56 Å². The van der Waals surface area contributed by atoms with Crippen LogP contribution in [0.2, 0.25) is 0 Å². The number of guanidine groups is 1. The Morgan fingerprint density at radius 3 is 2.43 bits per heavy atom. The molecule has 1 rings (SSSR count).